The lowest BCUT2D eigenvalue weighted by Crippen LogP contribution is -2.38. The number of nitrogens with one attached hydrogen (secondary N) is 1. The van der Waals surface area contributed by atoms with Gasteiger partial charge in [-0.3, -0.25) is 4.79 Å². The van der Waals surface area contributed by atoms with Crippen molar-refractivity contribution in [1.82, 2.24) is 5.32 Å². The highest BCUT2D eigenvalue weighted by molar-refractivity contribution is 5.99. The van der Waals surface area contributed by atoms with E-state index in [0.29, 0.717) is 11.3 Å². The second-order valence-electron chi connectivity index (χ2n) is 5.77. The molecule has 3 rings (SSSR count). The molecule has 1 amide bonds. The summed E-state index contributed by atoms with van der Waals surface area (Å²) in [5, 5.41) is 2.79. The number of carbonyl (C=O) groups excluding carboxylic acids is 2. The highest BCUT2D eigenvalue weighted by Gasteiger charge is 2.47. The molecule has 21 heavy (non-hydrogen) atoms. The lowest BCUT2D eigenvalue weighted by molar-refractivity contribution is -0.144. The molecule has 2 aliphatic heterocycles. The lowest BCUT2D eigenvalue weighted by Gasteiger charge is -2.27. The topological polar surface area (TPSA) is 64.6 Å². The van der Waals surface area contributed by atoms with Crippen LogP contribution >= 0.6 is 0 Å². The van der Waals surface area contributed by atoms with Crippen LogP contribution in [-0.4, -0.2) is 24.6 Å². The molecule has 2 aliphatic rings. The number of esters is 1. The van der Waals surface area contributed by atoms with Gasteiger partial charge < -0.3 is 14.8 Å². The van der Waals surface area contributed by atoms with Crippen molar-refractivity contribution in [2.75, 3.05) is 7.11 Å². The Hall–Kier alpha value is -2.30. The summed E-state index contributed by atoms with van der Waals surface area (Å²) in [6, 6.07) is 7.41. The first-order chi connectivity index (χ1) is 9.92. The molecule has 0 saturated heterocycles. The maximum atomic E-state index is 12.2. The van der Waals surface area contributed by atoms with E-state index in [1.807, 2.05) is 24.3 Å². The van der Waals surface area contributed by atoms with Crippen LogP contribution in [0.2, 0.25) is 0 Å². The van der Waals surface area contributed by atoms with Crippen LogP contribution < -0.4 is 10.1 Å². The fourth-order valence-electron chi connectivity index (χ4n) is 2.90. The van der Waals surface area contributed by atoms with Crippen molar-refractivity contribution >= 4 is 11.9 Å². The van der Waals surface area contributed by atoms with Crippen LogP contribution in [0.1, 0.15) is 31.7 Å². The summed E-state index contributed by atoms with van der Waals surface area (Å²) in [6.07, 6.45) is 0.246. The highest BCUT2D eigenvalue weighted by atomic mass is 16.6. The van der Waals surface area contributed by atoms with Crippen LogP contribution in [0.25, 0.3) is 0 Å². The normalized spacial score (nSPS) is 23.5. The molecule has 1 aromatic carbocycles. The van der Waals surface area contributed by atoms with Crippen LogP contribution in [0.15, 0.2) is 35.5 Å². The number of hydrogen-bond donors (Lipinski definition) is 1. The molecule has 1 unspecified atom stereocenters. The fourth-order valence-corrected chi connectivity index (χ4v) is 2.90. The van der Waals surface area contributed by atoms with E-state index in [-0.39, 0.29) is 24.2 Å². The lowest BCUT2D eigenvalue weighted by atomic mass is 9.83. The third-order valence-corrected chi connectivity index (χ3v) is 3.96. The number of ether oxygens (including phenoxy) is 2. The average molecular weight is 287 g/mol. The molecule has 1 atom stereocenters. The molecule has 110 valence electrons. The van der Waals surface area contributed by atoms with Crippen molar-refractivity contribution < 1.29 is 19.1 Å². The molecule has 1 N–H and O–H groups in total. The third kappa shape index (κ3) is 2.18. The van der Waals surface area contributed by atoms with Crippen LogP contribution in [0.4, 0.5) is 0 Å². The Balaban J connectivity index is 2.06. The Bertz CT molecular complexity index is 643. The first-order valence-corrected chi connectivity index (χ1v) is 6.84. The monoisotopic (exact) mass is 287 g/mol. The number of rotatable bonds is 2. The molecule has 2 heterocycles. The van der Waals surface area contributed by atoms with Gasteiger partial charge in [-0.05, 0) is 31.5 Å². The number of carbonyl (C=O) groups is 2. The number of methoxy groups -OCH3 is 1. The fraction of sp³-hybridized carbons (Fsp3) is 0.375. The van der Waals surface area contributed by atoms with Gasteiger partial charge in [0, 0.05) is 12.3 Å². The third-order valence-electron chi connectivity index (χ3n) is 3.96. The summed E-state index contributed by atoms with van der Waals surface area (Å²) in [4.78, 5) is 24.2. The van der Waals surface area contributed by atoms with Crippen LogP contribution in [0.5, 0.6) is 5.75 Å². The molecule has 0 bridgehead atoms. The number of benzene rings is 1. The van der Waals surface area contributed by atoms with Crippen LogP contribution in [0, 0.1) is 0 Å². The zero-order valence-electron chi connectivity index (χ0n) is 12.2. The molecule has 5 heteroatoms. The van der Waals surface area contributed by atoms with Gasteiger partial charge in [-0.1, -0.05) is 12.1 Å². The Labute approximate surface area is 122 Å². The van der Waals surface area contributed by atoms with Crippen LogP contribution in [0.3, 0.4) is 0 Å². The van der Waals surface area contributed by atoms with E-state index in [9.17, 15) is 9.59 Å². The minimum absolute atomic E-state index is 0.0963. The molecular formula is C16H17NO4. The van der Waals surface area contributed by atoms with Crippen molar-refractivity contribution in [3.8, 4) is 5.75 Å². The average Bonchev–Trinajstić information content (AvgIpc) is 2.68. The van der Waals surface area contributed by atoms with Gasteiger partial charge in [0.1, 0.15) is 11.4 Å². The van der Waals surface area contributed by atoms with E-state index in [2.05, 4.69) is 5.32 Å². The molecular weight excluding hydrogens is 270 g/mol. The first-order valence-electron chi connectivity index (χ1n) is 6.84. The quantitative estimate of drug-likeness (QED) is 0.844. The van der Waals surface area contributed by atoms with Crippen molar-refractivity contribution in [3.63, 3.8) is 0 Å². The predicted molar refractivity (Wildman–Crippen MR) is 75.7 cm³/mol. The highest BCUT2D eigenvalue weighted by Crippen LogP contribution is 2.42. The second-order valence-corrected chi connectivity index (χ2v) is 5.77. The Kier molecular flexibility index (Phi) is 3.01. The van der Waals surface area contributed by atoms with Crippen molar-refractivity contribution in [1.29, 1.82) is 0 Å². The van der Waals surface area contributed by atoms with Crippen LogP contribution in [-0.2, 0) is 14.3 Å². The summed E-state index contributed by atoms with van der Waals surface area (Å²) in [5.41, 5.74) is 1.27. The van der Waals surface area contributed by atoms with Gasteiger partial charge in [0.25, 0.3) is 0 Å². The molecule has 0 radical (unpaired) electrons. The van der Waals surface area contributed by atoms with Gasteiger partial charge in [0.15, 0.2) is 0 Å². The summed E-state index contributed by atoms with van der Waals surface area (Å²) in [7, 11) is 1.60. The number of hydrogen-bond acceptors (Lipinski definition) is 4. The SMILES string of the molecule is COc1ccc(C2CC(=O)NC3=C2C(=O)OC3(C)C)cc1. The van der Waals surface area contributed by atoms with Gasteiger partial charge in [-0.15, -0.1) is 0 Å². The van der Waals surface area contributed by atoms with Crippen molar-refractivity contribution in [3.05, 3.63) is 41.1 Å². The molecule has 0 saturated carbocycles. The van der Waals surface area contributed by atoms with E-state index < -0.39 is 5.60 Å². The van der Waals surface area contributed by atoms with E-state index in [0.717, 1.165) is 11.3 Å². The Morgan fingerprint density at radius 3 is 2.52 bits per heavy atom. The van der Waals surface area contributed by atoms with Gasteiger partial charge in [0.2, 0.25) is 5.91 Å². The molecule has 0 aromatic heterocycles. The van der Waals surface area contributed by atoms with Crippen molar-refractivity contribution in [2.45, 2.75) is 31.8 Å². The maximum Gasteiger partial charge on any atom is 0.337 e. The summed E-state index contributed by atoms with van der Waals surface area (Å²) in [5.74, 6) is 0.0215. The Morgan fingerprint density at radius 2 is 1.90 bits per heavy atom. The molecule has 1 aromatic rings. The minimum atomic E-state index is -0.785. The van der Waals surface area contributed by atoms with E-state index >= 15 is 0 Å². The van der Waals surface area contributed by atoms with Gasteiger partial charge >= 0.3 is 5.97 Å². The van der Waals surface area contributed by atoms with Gasteiger partial charge in [-0.2, -0.15) is 0 Å². The standard InChI is InChI=1S/C16H17NO4/c1-16(2)14-13(15(19)21-16)11(8-12(18)17-14)9-4-6-10(20-3)7-5-9/h4-7,11H,8H2,1-3H3,(H,17,18). The minimum Gasteiger partial charge on any atom is -0.497 e. The van der Waals surface area contributed by atoms with E-state index in [4.69, 9.17) is 9.47 Å². The van der Waals surface area contributed by atoms with Crippen molar-refractivity contribution in [2.24, 2.45) is 0 Å². The summed E-state index contributed by atoms with van der Waals surface area (Å²) < 4.78 is 10.5. The maximum absolute atomic E-state index is 12.2. The molecule has 0 fully saturated rings. The number of cyclic esters (lactones) is 1. The summed E-state index contributed by atoms with van der Waals surface area (Å²) in [6.45, 7) is 3.56. The summed E-state index contributed by atoms with van der Waals surface area (Å²) >= 11 is 0. The smallest absolute Gasteiger partial charge is 0.337 e. The van der Waals surface area contributed by atoms with Gasteiger partial charge in [0.05, 0.1) is 18.4 Å². The zero-order chi connectivity index (χ0) is 15.2. The van der Waals surface area contributed by atoms with E-state index in [1.165, 1.54) is 0 Å². The molecule has 5 nitrogen and oxygen atoms in total. The zero-order valence-corrected chi connectivity index (χ0v) is 12.2. The predicted octanol–water partition coefficient (Wildman–Crippen LogP) is 1.89. The van der Waals surface area contributed by atoms with Gasteiger partial charge in [-0.25, -0.2) is 4.79 Å². The molecule has 0 spiro atoms. The Morgan fingerprint density at radius 1 is 1.24 bits per heavy atom. The molecule has 0 aliphatic carbocycles. The largest absolute Gasteiger partial charge is 0.497 e. The second kappa shape index (κ2) is 4.62. The van der Waals surface area contributed by atoms with E-state index in [1.54, 1.807) is 21.0 Å². The number of amides is 1. The first kappa shape index (κ1) is 13.7.